The first kappa shape index (κ1) is 12.8. The van der Waals surface area contributed by atoms with Gasteiger partial charge in [-0.1, -0.05) is 48.5 Å². The van der Waals surface area contributed by atoms with Crippen molar-refractivity contribution in [1.82, 2.24) is 4.98 Å². The number of pyridine rings is 1. The molecule has 22 heavy (non-hydrogen) atoms. The molecular formula is C20H16N2. The molecule has 0 spiro atoms. The summed E-state index contributed by atoms with van der Waals surface area (Å²) in [6.07, 6.45) is 0. The Balaban J connectivity index is 2.11. The molecule has 106 valence electrons. The third-order valence-corrected chi connectivity index (χ3v) is 4.05. The number of aromatic nitrogens is 1. The summed E-state index contributed by atoms with van der Waals surface area (Å²) >= 11 is 0. The Labute approximate surface area is 129 Å². The first-order valence-corrected chi connectivity index (χ1v) is 7.42. The van der Waals surface area contributed by atoms with Crippen LogP contribution in [0.5, 0.6) is 0 Å². The quantitative estimate of drug-likeness (QED) is 0.518. The van der Waals surface area contributed by atoms with Gasteiger partial charge in [-0.15, -0.1) is 0 Å². The van der Waals surface area contributed by atoms with E-state index in [0.717, 1.165) is 16.7 Å². The average Bonchev–Trinajstić information content (AvgIpc) is 2.60. The third-order valence-electron chi connectivity index (χ3n) is 4.05. The van der Waals surface area contributed by atoms with Gasteiger partial charge in [-0.05, 0) is 29.8 Å². The Morgan fingerprint density at radius 3 is 1.77 bits per heavy atom. The number of anilines is 1. The van der Waals surface area contributed by atoms with E-state index in [-0.39, 0.29) is 0 Å². The smallest absolute Gasteiger partial charge is 0.0715 e. The summed E-state index contributed by atoms with van der Waals surface area (Å²) in [4.78, 5) is 4.79. The molecule has 0 amide bonds. The van der Waals surface area contributed by atoms with E-state index in [1.165, 1.54) is 21.9 Å². The molecule has 4 aromatic rings. The molecule has 1 N–H and O–H groups in total. The molecule has 0 aliphatic rings. The van der Waals surface area contributed by atoms with Crippen LogP contribution in [0.15, 0.2) is 72.8 Å². The summed E-state index contributed by atoms with van der Waals surface area (Å²) in [6.45, 7) is 0. The van der Waals surface area contributed by atoms with Gasteiger partial charge in [0, 0.05) is 29.1 Å². The zero-order valence-corrected chi connectivity index (χ0v) is 12.4. The van der Waals surface area contributed by atoms with Crippen LogP contribution >= 0.6 is 0 Å². The highest BCUT2D eigenvalue weighted by molar-refractivity contribution is 6.09. The molecule has 0 saturated carbocycles. The van der Waals surface area contributed by atoms with Crippen LogP contribution in [0.1, 0.15) is 0 Å². The Hall–Kier alpha value is -2.87. The molecule has 2 heteroatoms. The Morgan fingerprint density at radius 2 is 1.23 bits per heavy atom. The highest BCUT2D eigenvalue weighted by Crippen LogP contribution is 2.34. The number of para-hydroxylation sites is 2. The summed E-state index contributed by atoms with van der Waals surface area (Å²) in [5, 5.41) is 5.55. The minimum atomic E-state index is 1.04. The largest absolute Gasteiger partial charge is 0.388 e. The standard InChI is InChI=1S/C20H16N2/c1-21-15-12-10-14(11-13-15)20-16-6-2-4-8-18(16)22-19-9-5-3-7-17(19)20/h2-13,21H,1H3. The Morgan fingerprint density at radius 1 is 0.682 bits per heavy atom. The molecule has 0 fully saturated rings. The molecule has 2 nitrogen and oxygen atoms in total. The van der Waals surface area contributed by atoms with Gasteiger partial charge >= 0.3 is 0 Å². The summed E-state index contributed by atoms with van der Waals surface area (Å²) in [7, 11) is 1.94. The first-order chi connectivity index (χ1) is 10.9. The van der Waals surface area contributed by atoms with E-state index in [1.54, 1.807) is 0 Å². The predicted molar refractivity (Wildman–Crippen MR) is 94.2 cm³/mol. The van der Waals surface area contributed by atoms with Gasteiger partial charge in [-0.2, -0.15) is 0 Å². The van der Waals surface area contributed by atoms with Crippen LogP contribution in [0, 0.1) is 0 Å². The van der Waals surface area contributed by atoms with E-state index in [2.05, 4.69) is 66.0 Å². The van der Waals surface area contributed by atoms with Crippen molar-refractivity contribution in [3.8, 4) is 11.1 Å². The van der Waals surface area contributed by atoms with E-state index in [0.29, 0.717) is 0 Å². The van der Waals surface area contributed by atoms with E-state index in [1.807, 2.05) is 19.2 Å². The van der Waals surface area contributed by atoms with Crippen molar-refractivity contribution in [3.63, 3.8) is 0 Å². The van der Waals surface area contributed by atoms with Crippen LogP contribution in [0.2, 0.25) is 0 Å². The minimum Gasteiger partial charge on any atom is -0.388 e. The molecule has 4 rings (SSSR count). The van der Waals surface area contributed by atoms with Crippen LogP contribution < -0.4 is 5.32 Å². The van der Waals surface area contributed by atoms with E-state index in [4.69, 9.17) is 4.98 Å². The van der Waals surface area contributed by atoms with Crippen LogP contribution in [-0.4, -0.2) is 12.0 Å². The predicted octanol–water partition coefficient (Wildman–Crippen LogP) is 5.10. The number of rotatable bonds is 2. The molecule has 0 bridgehead atoms. The van der Waals surface area contributed by atoms with Gasteiger partial charge in [0.25, 0.3) is 0 Å². The van der Waals surface area contributed by atoms with Crippen LogP contribution in [-0.2, 0) is 0 Å². The monoisotopic (exact) mass is 284 g/mol. The van der Waals surface area contributed by atoms with Crippen molar-refractivity contribution < 1.29 is 0 Å². The fourth-order valence-electron chi connectivity index (χ4n) is 2.95. The van der Waals surface area contributed by atoms with Crippen molar-refractivity contribution >= 4 is 27.5 Å². The van der Waals surface area contributed by atoms with Crippen molar-refractivity contribution in [3.05, 3.63) is 72.8 Å². The molecular weight excluding hydrogens is 268 g/mol. The summed E-state index contributed by atoms with van der Waals surface area (Å²) in [6, 6.07) is 25.2. The molecule has 0 radical (unpaired) electrons. The molecule has 0 atom stereocenters. The third kappa shape index (κ3) is 2.01. The van der Waals surface area contributed by atoms with Gasteiger partial charge in [0.2, 0.25) is 0 Å². The SMILES string of the molecule is CNc1ccc(-c2c3ccccc3nc3ccccc23)cc1. The van der Waals surface area contributed by atoms with Gasteiger partial charge in [0.05, 0.1) is 11.0 Å². The van der Waals surface area contributed by atoms with Crippen molar-refractivity contribution in [2.24, 2.45) is 0 Å². The van der Waals surface area contributed by atoms with Crippen molar-refractivity contribution in [2.75, 3.05) is 12.4 Å². The van der Waals surface area contributed by atoms with Crippen molar-refractivity contribution in [2.45, 2.75) is 0 Å². The highest BCUT2D eigenvalue weighted by Gasteiger charge is 2.10. The number of benzene rings is 3. The number of nitrogens with zero attached hydrogens (tertiary/aromatic N) is 1. The minimum absolute atomic E-state index is 1.04. The van der Waals surface area contributed by atoms with Crippen molar-refractivity contribution in [1.29, 1.82) is 0 Å². The zero-order valence-electron chi connectivity index (χ0n) is 12.4. The van der Waals surface area contributed by atoms with Crippen LogP contribution in [0.3, 0.4) is 0 Å². The Bertz CT molecular complexity index is 902. The van der Waals surface area contributed by atoms with Gasteiger partial charge in [-0.3, -0.25) is 0 Å². The fraction of sp³-hybridized carbons (Fsp3) is 0.0500. The number of nitrogens with one attached hydrogen (secondary N) is 1. The number of hydrogen-bond donors (Lipinski definition) is 1. The van der Waals surface area contributed by atoms with Gasteiger partial charge in [0.15, 0.2) is 0 Å². The highest BCUT2D eigenvalue weighted by atomic mass is 14.8. The van der Waals surface area contributed by atoms with E-state index < -0.39 is 0 Å². The summed E-state index contributed by atoms with van der Waals surface area (Å²) in [5.74, 6) is 0. The lowest BCUT2D eigenvalue weighted by Crippen LogP contribution is -1.90. The van der Waals surface area contributed by atoms with E-state index in [9.17, 15) is 0 Å². The molecule has 0 aliphatic carbocycles. The average molecular weight is 284 g/mol. The van der Waals surface area contributed by atoms with Gasteiger partial charge in [-0.25, -0.2) is 4.98 Å². The maximum absolute atomic E-state index is 4.79. The second-order valence-electron chi connectivity index (χ2n) is 5.35. The molecule has 0 unspecified atom stereocenters. The molecule has 0 aliphatic heterocycles. The Kier molecular flexibility index (Phi) is 3.01. The lowest BCUT2D eigenvalue weighted by Gasteiger charge is -2.11. The maximum atomic E-state index is 4.79. The van der Waals surface area contributed by atoms with Gasteiger partial charge in [0.1, 0.15) is 0 Å². The molecule has 1 aromatic heterocycles. The van der Waals surface area contributed by atoms with Gasteiger partial charge < -0.3 is 5.32 Å². The number of fused-ring (bicyclic) bond motifs is 2. The summed E-state index contributed by atoms with van der Waals surface area (Å²) in [5.41, 5.74) is 5.66. The topological polar surface area (TPSA) is 24.9 Å². The molecule has 3 aromatic carbocycles. The molecule has 0 saturated heterocycles. The van der Waals surface area contributed by atoms with Crippen LogP contribution in [0.25, 0.3) is 32.9 Å². The van der Waals surface area contributed by atoms with E-state index >= 15 is 0 Å². The second-order valence-corrected chi connectivity index (χ2v) is 5.35. The first-order valence-electron chi connectivity index (χ1n) is 7.42. The second kappa shape index (κ2) is 5.15. The molecule has 1 heterocycles. The normalized spacial score (nSPS) is 11.0. The lowest BCUT2D eigenvalue weighted by molar-refractivity contribution is 1.49. The fourth-order valence-corrected chi connectivity index (χ4v) is 2.95. The number of hydrogen-bond acceptors (Lipinski definition) is 2. The zero-order chi connectivity index (χ0) is 14.9. The van der Waals surface area contributed by atoms with Crippen LogP contribution in [0.4, 0.5) is 5.69 Å². The lowest BCUT2D eigenvalue weighted by atomic mass is 9.96. The summed E-state index contributed by atoms with van der Waals surface area (Å²) < 4.78 is 0. The maximum Gasteiger partial charge on any atom is 0.0715 e.